The summed E-state index contributed by atoms with van der Waals surface area (Å²) in [7, 11) is 1.56. The summed E-state index contributed by atoms with van der Waals surface area (Å²) in [6.07, 6.45) is 2.90. The molecule has 1 aliphatic heterocycles. The van der Waals surface area contributed by atoms with Gasteiger partial charge in [-0.25, -0.2) is 0 Å². The Labute approximate surface area is 71.1 Å². The maximum absolute atomic E-state index is 10.5. The van der Waals surface area contributed by atoms with Gasteiger partial charge in [0.2, 0.25) is 0 Å². The lowest BCUT2D eigenvalue weighted by atomic mass is 10.3. The molecular weight excluding hydrogens is 160 g/mol. The lowest BCUT2D eigenvalue weighted by Crippen LogP contribution is -2.28. The highest BCUT2D eigenvalue weighted by Crippen LogP contribution is 2.08. The van der Waals surface area contributed by atoms with E-state index in [1.807, 2.05) is 0 Å². The molecule has 0 aliphatic carbocycles. The third-order valence-corrected chi connectivity index (χ3v) is 1.46. The lowest BCUT2D eigenvalue weighted by molar-refractivity contribution is -0.156. The zero-order chi connectivity index (χ0) is 8.97. The van der Waals surface area contributed by atoms with Crippen LogP contribution in [-0.2, 0) is 19.0 Å². The molecule has 12 heavy (non-hydrogen) atoms. The number of ether oxygens (including phenoxy) is 3. The number of hydrogen-bond acceptors (Lipinski definition) is 4. The Balaban J connectivity index is 2.37. The van der Waals surface area contributed by atoms with Gasteiger partial charge in [-0.05, 0) is 12.2 Å². The molecular formula is C8H12O4. The average molecular weight is 172 g/mol. The van der Waals surface area contributed by atoms with Crippen molar-refractivity contribution in [3.8, 4) is 0 Å². The molecule has 0 bridgehead atoms. The molecule has 0 aromatic carbocycles. The predicted octanol–water partition coefficient (Wildman–Crippen LogP) is 0.477. The second kappa shape index (κ2) is 4.23. The second-order valence-electron chi connectivity index (χ2n) is 2.47. The zero-order valence-electron chi connectivity index (χ0n) is 7.15. The van der Waals surface area contributed by atoms with E-state index in [-0.39, 0.29) is 18.4 Å². The van der Waals surface area contributed by atoms with Gasteiger partial charge in [0.1, 0.15) is 6.10 Å². The second-order valence-corrected chi connectivity index (χ2v) is 2.47. The quantitative estimate of drug-likeness (QED) is 0.449. The van der Waals surface area contributed by atoms with Crippen molar-refractivity contribution in [2.45, 2.75) is 19.3 Å². The van der Waals surface area contributed by atoms with Crippen LogP contribution in [0.15, 0.2) is 12.2 Å². The van der Waals surface area contributed by atoms with Gasteiger partial charge >= 0.3 is 5.97 Å². The molecule has 0 saturated carbocycles. The minimum absolute atomic E-state index is 0.270. The van der Waals surface area contributed by atoms with E-state index in [0.717, 1.165) is 0 Å². The summed E-state index contributed by atoms with van der Waals surface area (Å²) in [5.41, 5.74) is 0. The Morgan fingerprint density at radius 3 is 2.75 bits per heavy atom. The molecule has 0 aromatic rings. The van der Waals surface area contributed by atoms with Crippen molar-refractivity contribution < 1.29 is 19.0 Å². The summed E-state index contributed by atoms with van der Waals surface area (Å²) >= 11 is 0. The van der Waals surface area contributed by atoms with Gasteiger partial charge in [0.15, 0.2) is 6.29 Å². The van der Waals surface area contributed by atoms with Crippen LogP contribution in [0.25, 0.3) is 0 Å². The van der Waals surface area contributed by atoms with E-state index in [1.54, 1.807) is 19.3 Å². The molecule has 0 aromatic heterocycles. The highest BCUT2D eigenvalue weighted by atomic mass is 16.7. The fraction of sp³-hybridized carbons (Fsp3) is 0.625. The van der Waals surface area contributed by atoms with E-state index in [0.29, 0.717) is 6.61 Å². The van der Waals surface area contributed by atoms with E-state index in [2.05, 4.69) is 0 Å². The molecule has 0 amide bonds. The van der Waals surface area contributed by atoms with Crippen molar-refractivity contribution in [3.05, 3.63) is 12.2 Å². The van der Waals surface area contributed by atoms with Crippen LogP contribution in [0, 0.1) is 0 Å². The summed E-state index contributed by atoms with van der Waals surface area (Å²) in [6, 6.07) is 0. The van der Waals surface area contributed by atoms with Gasteiger partial charge < -0.3 is 14.2 Å². The summed E-state index contributed by atoms with van der Waals surface area (Å²) in [4.78, 5) is 10.5. The molecule has 0 radical (unpaired) electrons. The first-order valence-corrected chi connectivity index (χ1v) is 3.72. The summed E-state index contributed by atoms with van der Waals surface area (Å²) < 4.78 is 14.9. The molecule has 2 atom stereocenters. The van der Waals surface area contributed by atoms with Crippen LogP contribution in [0.5, 0.6) is 0 Å². The molecule has 1 aliphatic rings. The van der Waals surface area contributed by atoms with Crippen molar-refractivity contribution in [2.24, 2.45) is 0 Å². The van der Waals surface area contributed by atoms with Crippen molar-refractivity contribution in [1.82, 2.24) is 0 Å². The number of carbonyl (C=O) groups excluding carboxylic acids is 1. The Bertz CT molecular complexity index is 187. The first-order valence-electron chi connectivity index (χ1n) is 3.72. The monoisotopic (exact) mass is 172 g/mol. The molecule has 0 spiro atoms. The SMILES string of the molecule is CO[C@@H]1C=C[C@@H](OC(C)=O)CO1. The van der Waals surface area contributed by atoms with E-state index >= 15 is 0 Å². The Kier molecular flexibility index (Phi) is 3.25. The van der Waals surface area contributed by atoms with Gasteiger partial charge in [-0.1, -0.05) is 0 Å². The van der Waals surface area contributed by atoms with Crippen molar-refractivity contribution >= 4 is 5.97 Å². The predicted molar refractivity (Wildman–Crippen MR) is 41.4 cm³/mol. The van der Waals surface area contributed by atoms with Gasteiger partial charge in [-0.15, -0.1) is 0 Å². The van der Waals surface area contributed by atoms with Gasteiger partial charge in [-0.2, -0.15) is 0 Å². The fourth-order valence-electron chi connectivity index (χ4n) is 0.949. The smallest absolute Gasteiger partial charge is 0.303 e. The van der Waals surface area contributed by atoms with Crippen molar-refractivity contribution in [2.75, 3.05) is 13.7 Å². The van der Waals surface area contributed by atoms with Crippen LogP contribution in [0.1, 0.15) is 6.92 Å². The Morgan fingerprint density at radius 1 is 1.58 bits per heavy atom. The number of esters is 1. The molecule has 4 nitrogen and oxygen atoms in total. The van der Waals surface area contributed by atoms with Gasteiger partial charge in [0.05, 0.1) is 6.61 Å². The van der Waals surface area contributed by atoms with Crippen LogP contribution in [-0.4, -0.2) is 32.1 Å². The van der Waals surface area contributed by atoms with Crippen molar-refractivity contribution in [1.29, 1.82) is 0 Å². The zero-order valence-corrected chi connectivity index (χ0v) is 7.15. The first-order chi connectivity index (χ1) is 5.72. The first kappa shape index (κ1) is 9.22. The van der Waals surface area contributed by atoms with E-state index in [9.17, 15) is 4.79 Å². The van der Waals surface area contributed by atoms with Crippen LogP contribution in [0.4, 0.5) is 0 Å². The number of hydrogen-bond donors (Lipinski definition) is 0. The third kappa shape index (κ3) is 2.64. The summed E-state index contributed by atoms with van der Waals surface area (Å²) in [5.74, 6) is -0.302. The van der Waals surface area contributed by atoms with E-state index < -0.39 is 0 Å². The highest BCUT2D eigenvalue weighted by Gasteiger charge is 2.16. The topological polar surface area (TPSA) is 44.8 Å². The molecule has 0 saturated heterocycles. The molecule has 4 heteroatoms. The Hall–Kier alpha value is -0.870. The van der Waals surface area contributed by atoms with Crippen LogP contribution in [0.2, 0.25) is 0 Å². The molecule has 1 rings (SSSR count). The molecule has 0 unspecified atom stereocenters. The number of carbonyl (C=O) groups is 1. The van der Waals surface area contributed by atoms with Gasteiger partial charge in [0, 0.05) is 14.0 Å². The molecule has 0 N–H and O–H groups in total. The van der Waals surface area contributed by atoms with Gasteiger partial charge in [-0.3, -0.25) is 4.79 Å². The van der Waals surface area contributed by atoms with Crippen molar-refractivity contribution in [3.63, 3.8) is 0 Å². The number of rotatable bonds is 2. The molecule has 68 valence electrons. The van der Waals surface area contributed by atoms with Crippen LogP contribution >= 0.6 is 0 Å². The van der Waals surface area contributed by atoms with Gasteiger partial charge in [0.25, 0.3) is 0 Å². The third-order valence-electron chi connectivity index (χ3n) is 1.46. The lowest BCUT2D eigenvalue weighted by Gasteiger charge is -2.21. The largest absolute Gasteiger partial charge is 0.456 e. The summed E-state index contributed by atoms with van der Waals surface area (Å²) in [6.45, 7) is 1.73. The van der Waals surface area contributed by atoms with E-state index in [1.165, 1.54) is 6.92 Å². The molecule has 0 fully saturated rings. The average Bonchev–Trinajstić information content (AvgIpc) is 2.05. The fourth-order valence-corrected chi connectivity index (χ4v) is 0.949. The molecule has 1 heterocycles. The maximum Gasteiger partial charge on any atom is 0.303 e. The van der Waals surface area contributed by atoms with Crippen LogP contribution in [0.3, 0.4) is 0 Å². The van der Waals surface area contributed by atoms with Crippen LogP contribution < -0.4 is 0 Å². The number of methoxy groups -OCH3 is 1. The minimum atomic E-state index is -0.309. The van der Waals surface area contributed by atoms with E-state index in [4.69, 9.17) is 14.2 Å². The summed E-state index contributed by atoms with van der Waals surface area (Å²) in [5, 5.41) is 0. The normalized spacial score (nSPS) is 28.5. The Morgan fingerprint density at radius 2 is 2.33 bits per heavy atom. The highest BCUT2D eigenvalue weighted by molar-refractivity contribution is 5.66. The standard InChI is InChI=1S/C8H12O4/c1-6(9)12-7-3-4-8(10-2)11-5-7/h3-4,7-8H,5H2,1-2H3/t7-,8+/m1/s1. The minimum Gasteiger partial charge on any atom is -0.456 e. The maximum atomic E-state index is 10.5.